The molecular weight excluding hydrogens is 354 g/mol. The van der Waals surface area contributed by atoms with Crippen LogP contribution in [0.4, 0.5) is 5.82 Å². The molecule has 0 radical (unpaired) electrons. The zero-order valence-corrected chi connectivity index (χ0v) is 15.0. The third-order valence-corrected chi connectivity index (χ3v) is 4.61. The van der Waals surface area contributed by atoms with Crippen molar-refractivity contribution in [2.75, 3.05) is 38.5 Å². The van der Waals surface area contributed by atoms with Crippen molar-refractivity contribution in [3.8, 4) is 11.6 Å². The van der Waals surface area contributed by atoms with Crippen molar-refractivity contribution in [1.82, 2.24) is 30.0 Å². The number of nitrogens with one attached hydrogen (secondary N) is 1. The van der Waals surface area contributed by atoms with Gasteiger partial charge in [-0.05, 0) is 18.2 Å². The van der Waals surface area contributed by atoms with Crippen molar-refractivity contribution in [2.24, 2.45) is 0 Å². The van der Waals surface area contributed by atoms with Crippen LogP contribution < -0.4 is 15.8 Å². The number of ether oxygens (including phenoxy) is 1. The fourth-order valence-corrected chi connectivity index (χ4v) is 3.22. The Balaban J connectivity index is 1.62. The zero-order chi connectivity index (χ0) is 17.9. The third kappa shape index (κ3) is 3.57. The number of nitrogens with zero attached hydrogens (tertiary/aromatic N) is 5. The Bertz CT molecular complexity index is 907. The first-order valence-electron chi connectivity index (χ1n) is 8.54. The van der Waals surface area contributed by atoms with Gasteiger partial charge in [0.05, 0.1) is 6.54 Å². The highest BCUT2D eigenvalue weighted by Gasteiger charge is 2.18. The molecule has 0 amide bonds. The third-order valence-electron chi connectivity index (χ3n) is 4.37. The number of nitrogen functional groups attached to an aromatic ring is 1. The SMILES string of the molecule is Nc1ncnc2c1c(Oc1cccc(Cl)c1)nn2CCN1CCNCC1. The average molecular weight is 374 g/mol. The van der Waals surface area contributed by atoms with Crippen LogP contribution in [-0.2, 0) is 6.54 Å². The topological polar surface area (TPSA) is 94.1 Å². The van der Waals surface area contributed by atoms with Gasteiger partial charge in [0.25, 0.3) is 5.88 Å². The highest BCUT2D eigenvalue weighted by Crippen LogP contribution is 2.32. The lowest BCUT2D eigenvalue weighted by Crippen LogP contribution is -2.44. The van der Waals surface area contributed by atoms with Crippen molar-refractivity contribution >= 4 is 28.5 Å². The highest BCUT2D eigenvalue weighted by molar-refractivity contribution is 6.30. The van der Waals surface area contributed by atoms with Gasteiger partial charge in [-0.3, -0.25) is 4.90 Å². The minimum absolute atomic E-state index is 0.348. The molecule has 0 aliphatic carbocycles. The van der Waals surface area contributed by atoms with Gasteiger partial charge in [-0.1, -0.05) is 17.7 Å². The first-order chi connectivity index (χ1) is 12.7. The first-order valence-corrected chi connectivity index (χ1v) is 8.92. The minimum atomic E-state index is 0.348. The number of anilines is 1. The number of aromatic nitrogens is 4. The molecule has 1 aliphatic rings. The lowest BCUT2D eigenvalue weighted by Gasteiger charge is -2.26. The van der Waals surface area contributed by atoms with E-state index in [1.165, 1.54) is 6.33 Å². The summed E-state index contributed by atoms with van der Waals surface area (Å²) in [5.74, 6) is 1.33. The molecule has 1 fully saturated rings. The van der Waals surface area contributed by atoms with E-state index in [1.54, 1.807) is 12.1 Å². The van der Waals surface area contributed by atoms with Crippen molar-refractivity contribution < 1.29 is 4.74 Å². The Labute approximate surface area is 155 Å². The van der Waals surface area contributed by atoms with E-state index in [0.717, 1.165) is 32.7 Å². The van der Waals surface area contributed by atoms with E-state index in [2.05, 4.69) is 25.3 Å². The summed E-state index contributed by atoms with van der Waals surface area (Å²) in [5, 5.41) is 9.15. The summed E-state index contributed by atoms with van der Waals surface area (Å²) in [6.07, 6.45) is 1.45. The Hall–Kier alpha value is -2.42. The Kier molecular flexibility index (Phi) is 4.87. The second-order valence-electron chi connectivity index (χ2n) is 6.14. The number of fused-ring (bicyclic) bond motifs is 1. The first kappa shape index (κ1) is 17.0. The summed E-state index contributed by atoms with van der Waals surface area (Å²) in [6.45, 7) is 5.67. The zero-order valence-electron chi connectivity index (χ0n) is 14.2. The number of halogens is 1. The second kappa shape index (κ2) is 7.45. The Morgan fingerprint density at radius 2 is 2.04 bits per heavy atom. The predicted molar refractivity (Wildman–Crippen MR) is 101 cm³/mol. The smallest absolute Gasteiger partial charge is 0.251 e. The monoisotopic (exact) mass is 373 g/mol. The van der Waals surface area contributed by atoms with Crippen LogP contribution in [-0.4, -0.2) is 57.4 Å². The molecule has 136 valence electrons. The summed E-state index contributed by atoms with van der Waals surface area (Å²) >= 11 is 6.04. The molecule has 0 atom stereocenters. The lowest BCUT2D eigenvalue weighted by molar-refractivity contribution is 0.229. The molecule has 0 saturated carbocycles. The molecule has 8 nitrogen and oxygen atoms in total. The highest BCUT2D eigenvalue weighted by atomic mass is 35.5. The molecule has 1 saturated heterocycles. The maximum Gasteiger partial charge on any atom is 0.251 e. The summed E-state index contributed by atoms with van der Waals surface area (Å²) in [6, 6.07) is 7.15. The van der Waals surface area contributed by atoms with E-state index in [1.807, 2.05) is 16.8 Å². The Morgan fingerprint density at radius 1 is 1.19 bits per heavy atom. The van der Waals surface area contributed by atoms with Gasteiger partial charge >= 0.3 is 0 Å². The molecule has 0 unspecified atom stereocenters. The standard InChI is InChI=1S/C17H20ClN7O/c18-12-2-1-3-13(10-12)26-17-14-15(19)21-11-22-16(14)25(23-17)9-8-24-6-4-20-5-7-24/h1-3,10-11,20H,4-9H2,(H2,19,21,22). The molecule has 2 aromatic heterocycles. The minimum Gasteiger partial charge on any atom is -0.437 e. The van der Waals surface area contributed by atoms with Gasteiger partial charge in [0.2, 0.25) is 0 Å². The number of hydrogen-bond acceptors (Lipinski definition) is 7. The van der Waals surface area contributed by atoms with Crippen molar-refractivity contribution in [2.45, 2.75) is 6.54 Å². The number of nitrogens with two attached hydrogens (primary N) is 1. The molecule has 0 spiro atoms. The maximum atomic E-state index is 6.06. The lowest BCUT2D eigenvalue weighted by atomic mass is 10.3. The molecule has 1 aliphatic heterocycles. The molecule has 26 heavy (non-hydrogen) atoms. The van der Waals surface area contributed by atoms with Crippen LogP contribution in [0.25, 0.3) is 11.0 Å². The van der Waals surface area contributed by atoms with E-state index >= 15 is 0 Å². The number of hydrogen-bond donors (Lipinski definition) is 2. The molecule has 3 heterocycles. The maximum absolute atomic E-state index is 6.06. The molecule has 3 aromatic rings. The average Bonchev–Trinajstić information content (AvgIpc) is 3.00. The fraction of sp³-hybridized carbons (Fsp3) is 0.353. The van der Waals surface area contributed by atoms with Gasteiger partial charge in [-0.25, -0.2) is 14.6 Å². The van der Waals surface area contributed by atoms with Crippen LogP contribution in [0.1, 0.15) is 0 Å². The van der Waals surface area contributed by atoms with Crippen LogP contribution >= 0.6 is 11.6 Å². The van der Waals surface area contributed by atoms with Crippen molar-refractivity contribution in [1.29, 1.82) is 0 Å². The van der Waals surface area contributed by atoms with E-state index in [0.29, 0.717) is 40.0 Å². The second-order valence-corrected chi connectivity index (χ2v) is 6.57. The quantitative estimate of drug-likeness (QED) is 0.703. The largest absolute Gasteiger partial charge is 0.437 e. The molecule has 1 aromatic carbocycles. The summed E-state index contributed by atoms with van der Waals surface area (Å²) < 4.78 is 7.75. The van der Waals surface area contributed by atoms with E-state index in [9.17, 15) is 0 Å². The summed E-state index contributed by atoms with van der Waals surface area (Å²) in [4.78, 5) is 10.8. The van der Waals surface area contributed by atoms with Gasteiger partial charge in [0.1, 0.15) is 23.3 Å². The van der Waals surface area contributed by atoms with Gasteiger partial charge in [-0.2, -0.15) is 0 Å². The summed E-state index contributed by atoms with van der Waals surface area (Å²) in [7, 11) is 0. The molecular formula is C17H20ClN7O. The van der Waals surface area contributed by atoms with Crippen LogP contribution in [0.15, 0.2) is 30.6 Å². The van der Waals surface area contributed by atoms with Crippen molar-refractivity contribution in [3.63, 3.8) is 0 Å². The number of rotatable bonds is 5. The van der Waals surface area contributed by atoms with Crippen LogP contribution in [0.5, 0.6) is 11.6 Å². The van der Waals surface area contributed by atoms with E-state index in [-0.39, 0.29) is 0 Å². The van der Waals surface area contributed by atoms with E-state index in [4.69, 9.17) is 22.1 Å². The van der Waals surface area contributed by atoms with Gasteiger partial charge in [-0.15, -0.1) is 5.10 Å². The van der Waals surface area contributed by atoms with Crippen LogP contribution in [0.3, 0.4) is 0 Å². The van der Waals surface area contributed by atoms with Gasteiger partial charge < -0.3 is 15.8 Å². The van der Waals surface area contributed by atoms with Gasteiger partial charge in [0.15, 0.2) is 5.65 Å². The number of benzene rings is 1. The van der Waals surface area contributed by atoms with Gasteiger partial charge in [0, 0.05) is 37.7 Å². The Morgan fingerprint density at radius 3 is 2.85 bits per heavy atom. The van der Waals surface area contributed by atoms with Crippen LogP contribution in [0, 0.1) is 0 Å². The molecule has 4 rings (SSSR count). The fourth-order valence-electron chi connectivity index (χ4n) is 3.04. The summed E-state index contributed by atoms with van der Waals surface area (Å²) in [5.41, 5.74) is 6.73. The normalized spacial score (nSPS) is 15.4. The van der Waals surface area contributed by atoms with E-state index < -0.39 is 0 Å². The van der Waals surface area contributed by atoms with Crippen molar-refractivity contribution in [3.05, 3.63) is 35.6 Å². The molecule has 9 heteroatoms. The predicted octanol–water partition coefficient (Wildman–Crippen LogP) is 1.76. The number of piperazine rings is 1. The molecule has 0 bridgehead atoms. The molecule has 3 N–H and O–H groups in total. The van der Waals surface area contributed by atoms with Crippen LogP contribution in [0.2, 0.25) is 5.02 Å².